The van der Waals surface area contributed by atoms with Gasteiger partial charge in [-0.3, -0.25) is 0 Å². The predicted octanol–water partition coefficient (Wildman–Crippen LogP) is 1.02. The van der Waals surface area contributed by atoms with E-state index in [1.165, 1.54) is 0 Å². The van der Waals surface area contributed by atoms with E-state index in [4.69, 9.17) is 9.84 Å². The summed E-state index contributed by atoms with van der Waals surface area (Å²) in [5.41, 5.74) is 0.852. The number of carboxylic acid groups (broad SMARTS) is 1. The van der Waals surface area contributed by atoms with Gasteiger partial charge in [-0.1, -0.05) is 30.3 Å². The normalized spacial score (nSPS) is 13.3. The zero-order chi connectivity index (χ0) is 15.0. The SMILES string of the molecule is COC(C)CNC(=O)N[C@H](Cc1ccccc1)C(=O)O. The Morgan fingerprint density at radius 2 is 1.95 bits per heavy atom. The third-order valence-corrected chi connectivity index (χ3v) is 2.84. The number of carboxylic acids is 1. The van der Waals surface area contributed by atoms with Gasteiger partial charge in [-0.2, -0.15) is 0 Å². The van der Waals surface area contributed by atoms with Crippen LogP contribution in [0, 0.1) is 0 Å². The summed E-state index contributed by atoms with van der Waals surface area (Å²) in [6.07, 6.45) is 0.113. The van der Waals surface area contributed by atoms with E-state index in [0.29, 0.717) is 6.54 Å². The van der Waals surface area contributed by atoms with Crippen molar-refractivity contribution in [2.75, 3.05) is 13.7 Å². The zero-order valence-corrected chi connectivity index (χ0v) is 11.6. The predicted molar refractivity (Wildman–Crippen MR) is 74.6 cm³/mol. The molecule has 0 bridgehead atoms. The van der Waals surface area contributed by atoms with Crippen LogP contribution in [0.25, 0.3) is 0 Å². The van der Waals surface area contributed by atoms with Gasteiger partial charge >= 0.3 is 12.0 Å². The molecule has 1 aromatic rings. The number of hydrogen-bond acceptors (Lipinski definition) is 3. The topological polar surface area (TPSA) is 87.7 Å². The largest absolute Gasteiger partial charge is 0.480 e. The first-order valence-corrected chi connectivity index (χ1v) is 6.36. The number of ether oxygens (including phenoxy) is 1. The summed E-state index contributed by atoms with van der Waals surface area (Å²) < 4.78 is 4.99. The van der Waals surface area contributed by atoms with E-state index in [2.05, 4.69) is 10.6 Å². The standard InChI is InChI=1S/C14H20N2O4/c1-10(20-2)9-15-14(19)16-12(13(17)18)8-11-6-4-3-5-7-11/h3-7,10,12H,8-9H2,1-2H3,(H,17,18)(H2,15,16,19)/t10?,12-/m1/s1. The van der Waals surface area contributed by atoms with E-state index in [1.54, 1.807) is 14.0 Å². The minimum atomic E-state index is -1.07. The molecule has 0 saturated carbocycles. The molecule has 2 atom stereocenters. The Labute approximate surface area is 118 Å². The zero-order valence-electron chi connectivity index (χ0n) is 11.6. The number of carbonyl (C=O) groups excluding carboxylic acids is 1. The summed E-state index contributed by atoms with van der Waals surface area (Å²) in [6.45, 7) is 2.12. The monoisotopic (exact) mass is 280 g/mol. The van der Waals surface area contributed by atoms with Crippen LogP contribution in [0.2, 0.25) is 0 Å². The maximum atomic E-state index is 11.6. The molecule has 0 spiro atoms. The van der Waals surface area contributed by atoms with Gasteiger partial charge < -0.3 is 20.5 Å². The lowest BCUT2D eigenvalue weighted by Gasteiger charge is -2.16. The van der Waals surface area contributed by atoms with Crippen molar-refractivity contribution < 1.29 is 19.4 Å². The van der Waals surface area contributed by atoms with Gasteiger partial charge in [-0.25, -0.2) is 9.59 Å². The van der Waals surface area contributed by atoms with Crippen LogP contribution < -0.4 is 10.6 Å². The number of urea groups is 1. The lowest BCUT2D eigenvalue weighted by atomic mass is 10.1. The van der Waals surface area contributed by atoms with Crippen LogP contribution in [0.5, 0.6) is 0 Å². The number of hydrogen-bond donors (Lipinski definition) is 3. The van der Waals surface area contributed by atoms with Gasteiger partial charge in [0.25, 0.3) is 0 Å². The number of rotatable bonds is 7. The van der Waals surface area contributed by atoms with Gasteiger partial charge in [-0.15, -0.1) is 0 Å². The van der Waals surface area contributed by atoms with Crippen molar-refractivity contribution in [3.05, 3.63) is 35.9 Å². The Morgan fingerprint density at radius 1 is 1.30 bits per heavy atom. The van der Waals surface area contributed by atoms with Gasteiger partial charge in [0.1, 0.15) is 6.04 Å². The molecule has 1 aromatic carbocycles. The van der Waals surface area contributed by atoms with Gasteiger partial charge in [0.2, 0.25) is 0 Å². The molecule has 0 heterocycles. The molecule has 1 unspecified atom stereocenters. The van der Waals surface area contributed by atoms with Crippen molar-refractivity contribution in [2.24, 2.45) is 0 Å². The van der Waals surface area contributed by atoms with E-state index in [0.717, 1.165) is 5.56 Å². The second kappa shape index (κ2) is 8.16. The highest BCUT2D eigenvalue weighted by Crippen LogP contribution is 2.03. The Bertz CT molecular complexity index is 436. The number of carbonyl (C=O) groups is 2. The second-order valence-corrected chi connectivity index (χ2v) is 4.48. The maximum absolute atomic E-state index is 11.6. The highest BCUT2D eigenvalue weighted by molar-refractivity contribution is 5.82. The van der Waals surface area contributed by atoms with E-state index >= 15 is 0 Å². The van der Waals surface area contributed by atoms with E-state index in [-0.39, 0.29) is 12.5 Å². The fourth-order valence-corrected chi connectivity index (χ4v) is 1.58. The average molecular weight is 280 g/mol. The van der Waals surface area contributed by atoms with Crippen molar-refractivity contribution in [1.29, 1.82) is 0 Å². The summed E-state index contributed by atoms with van der Waals surface area (Å²) in [7, 11) is 1.54. The number of amides is 2. The Kier molecular flexibility index (Phi) is 6.52. The van der Waals surface area contributed by atoms with Gasteiger partial charge in [-0.05, 0) is 12.5 Å². The van der Waals surface area contributed by atoms with Crippen molar-refractivity contribution >= 4 is 12.0 Å². The van der Waals surface area contributed by atoms with Crippen LogP contribution in [0.1, 0.15) is 12.5 Å². The second-order valence-electron chi connectivity index (χ2n) is 4.48. The third kappa shape index (κ3) is 5.71. The molecular weight excluding hydrogens is 260 g/mol. The van der Waals surface area contributed by atoms with Gasteiger partial charge in [0.15, 0.2) is 0 Å². The molecule has 1 rings (SSSR count). The number of benzene rings is 1. The van der Waals surface area contributed by atoms with Crippen LogP contribution in [0.15, 0.2) is 30.3 Å². The highest BCUT2D eigenvalue weighted by atomic mass is 16.5. The quantitative estimate of drug-likeness (QED) is 0.695. The first kappa shape index (κ1) is 16.0. The minimum absolute atomic E-state index is 0.127. The van der Waals surface area contributed by atoms with Crippen molar-refractivity contribution in [1.82, 2.24) is 10.6 Å². The number of nitrogens with one attached hydrogen (secondary N) is 2. The number of methoxy groups -OCH3 is 1. The summed E-state index contributed by atoms with van der Waals surface area (Å²) in [6, 6.07) is 7.67. The van der Waals surface area contributed by atoms with Crippen molar-refractivity contribution in [3.63, 3.8) is 0 Å². The van der Waals surface area contributed by atoms with Gasteiger partial charge in [0, 0.05) is 20.1 Å². The van der Waals surface area contributed by atoms with Crippen LogP contribution in [0.4, 0.5) is 4.79 Å². The Balaban J connectivity index is 2.51. The molecule has 0 fully saturated rings. The fourth-order valence-electron chi connectivity index (χ4n) is 1.58. The molecule has 6 nitrogen and oxygen atoms in total. The smallest absolute Gasteiger partial charge is 0.326 e. The molecule has 20 heavy (non-hydrogen) atoms. The molecule has 0 radical (unpaired) electrons. The van der Waals surface area contributed by atoms with E-state index in [9.17, 15) is 9.59 Å². The lowest BCUT2D eigenvalue weighted by Crippen LogP contribution is -2.48. The first-order chi connectivity index (χ1) is 9.52. The number of aliphatic carboxylic acids is 1. The Morgan fingerprint density at radius 3 is 2.50 bits per heavy atom. The first-order valence-electron chi connectivity index (χ1n) is 6.36. The molecule has 3 N–H and O–H groups in total. The Hall–Kier alpha value is -2.08. The molecule has 0 aliphatic heterocycles. The molecule has 110 valence electrons. The van der Waals surface area contributed by atoms with Crippen LogP contribution in [0.3, 0.4) is 0 Å². The van der Waals surface area contributed by atoms with Gasteiger partial charge in [0.05, 0.1) is 6.10 Å². The van der Waals surface area contributed by atoms with Crippen LogP contribution in [-0.2, 0) is 16.0 Å². The van der Waals surface area contributed by atoms with Crippen LogP contribution >= 0.6 is 0 Å². The van der Waals surface area contributed by atoms with E-state index in [1.807, 2.05) is 30.3 Å². The molecule has 0 aliphatic carbocycles. The van der Waals surface area contributed by atoms with Crippen molar-refractivity contribution in [2.45, 2.75) is 25.5 Å². The van der Waals surface area contributed by atoms with Crippen molar-refractivity contribution in [3.8, 4) is 0 Å². The molecule has 0 aromatic heterocycles. The summed E-state index contributed by atoms with van der Waals surface area (Å²) >= 11 is 0. The molecular formula is C14H20N2O4. The van der Waals surface area contributed by atoms with Crippen LogP contribution in [-0.4, -0.2) is 42.9 Å². The molecule has 0 aliphatic rings. The summed E-state index contributed by atoms with van der Waals surface area (Å²) in [5, 5.41) is 14.1. The van der Waals surface area contributed by atoms with E-state index < -0.39 is 18.0 Å². The summed E-state index contributed by atoms with van der Waals surface area (Å²) in [5.74, 6) is -1.07. The maximum Gasteiger partial charge on any atom is 0.326 e. The highest BCUT2D eigenvalue weighted by Gasteiger charge is 2.20. The lowest BCUT2D eigenvalue weighted by molar-refractivity contribution is -0.139. The molecule has 6 heteroatoms. The molecule has 2 amide bonds. The third-order valence-electron chi connectivity index (χ3n) is 2.84. The fraction of sp³-hybridized carbons (Fsp3) is 0.429. The molecule has 0 saturated heterocycles. The summed E-state index contributed by atoms with van der Waals surface area (Å²) in [4.78, 5) is 22.8. The average Bonchev–Trinajstić information content (AvgIpc) is 2.45. The minimum Gasteiger partial charge on any atom is -0.480 e.